The summed E-state index contributed by atoms with van der Waals surface area (Å²) >= 11 is 1.58. The summed E-state index contributed by atoms with van der Waals surface area (Å²) in [4.78, 5) is 32.5. The topological polar surface area (TPSA) is 75.8 Å². The number of nitrogens with zero attached hydrogens (tertiary/aromatic N) is 2. The molecule has 1 unspecified atom stereocenters. The standard InChI is InChI=1S/C20H22FN3O2S/c1-11-7-14(12(2)27-11)17(25)9-13-5-6-16(21)15(8-13)20(3)10-18(26)24(4)19(22)23-20/h5-8H,9-10H2,1-4H3,(H2,22,23). The number of thiophene rings is 1. The van der Waals surface area contributed by atoms with E-state index < -0.39 is 11.4 Å². The van der Waals surface area contributed by atoms with Crippen molar-refractivity contribution in [3.8, 4) is 0 Å². The first-order valence-electron chi connectivity index (χ1n) is 8.62. The molecule has 0 saturated heterocycles. The molecule has 2 N–H and O–H groups in total. The van der Waals surface area contributed by atoms with E-state index in [4.69, 9.17) is 5.73 Å². The molecule has 1 aromatic carbocycles. The van der Waals surface area contributed by atoms with E-state index in [1.165, 1.54) is 18.0 Å². The Balaban J connectivity index is 1.94. The number of guanidine groups is 1. The number of nitrogens with two attached hydrogens (primary N) is 1. The van der Waals surface area contributed by atoms with E-state index in [-0.39, 0.29) is 36.1 Å². The molecule has 5 nitrogen and oxygen atoms in total. The summed E-state index contributed by atoms with van der Waals surface area (Å²) in [6.45, 7) is 5.57. The van der Waals surface area contributed by atoms with Crippen LogP contribution in [0.3, 0.4) is 0 Å². The van der Waals surface area contributed by atoms with Crippen LogP contribution in [0.25, 0.3) is 0 Å². The molecule has 0 spiro atoms. The van der Waals surface area contributed by atoms with Crippen molar-refractivity contribution in [2.45, 2.75) is 39.2 Å². The zero-order chi connectivity index (χ0) is 19.9. The first-order chi connectivity index (χ1) is 12.6. The van der Waals surface area contributed by atoms with Crippen molar-refractivity contribution in [3.05, 3.63) is 56.5 Å². The van der Waals surface area contributed by atoms with Gasteiger partial charge in [0.05, 0.1) is 12.0 Å². The minimum Gasteiger partial charge on any atom is -0.369 e. The second-order valence-corrected chi connectivity index (χ2v) is 8.57. The number of benzene rings is 1. The molecule has 0 radical (unpaired) electrons. The number of aryl methyl sites for hydroxylation is 2. The van der Waals surface area contributed by atoms with Crippen LogP contribution >= 0.6 is 11.3 Å². The highest BCUT2D eigenvalue weighted by atomic mass is 32.1. The van der Waals surface area contributed by atoms with Crippen LogP contribution < -0.4 is 5.73 Å². The van der Waals surface area contributed by atoms with Crippen LogP contribution in [0.4, 0.5) is 4.39 Å². The van der Waals surface area contributed by atoms with Gasteiger partial charge >= 0.3 is 0 Å². The zero-order valence-electron chi connectivity index (χ0n) is 15.8. The van der Waals surface area contributed by atoms with Crippen molar-refractivity contribution >= 4 is 29.0 Å². The predicted molar refractivity (Wildman–Crippen MR) is 105 cm³/mol. The fourth-order valence-corrected chi connectivity index (χ4v) is 4.29. The third-order valence-electron chi connectivity index (χ3n) is 4.89. The molecule has 1 amide bonds. The fraction of sp³-hybridized carbons (Fsp3) is 0.350. The molecule has 7 heteroatoms. The maximum Gasteiger partial charge on any atom is 0.231 e. The quantitative estimate of drug-likeness (QED) is 0.818. The van der Waals surface area contributed by atoms with Gasteiger partial charge in [0.25, 0.3) is 0 Å². The molecule has 0 saturated carbocycles. The molecular formula is C20H22FN3O2S. The van der Waals surface area contributed by atoms with Crippen LogP contribution in [0.5, 0.6) is 0 Å². The minimum atomic E-state index is -1.09. The predicted octanol–water partition coefficient (Wildman–Crippen LogP) is 3.32. The van der Waals surface area contributed by atoms with Gasteiger partial charge in [-0.25, -0.2) is 9.38 Å². The van der Waals surface area contributed by atoms with Crippen molar-refractivity contribution < 1.29 is 14.0 Å². The molecule has 2 aromatic rings. The van der Waals surface area contributed by atoms with Crippen LogP contribution in [0.15, 0.2) is 29.3 Å². The third kappa shape index (κ3) is 3.64. The molecule has 1 aliphatic heterocycles. The van der Waals surface area contributed by atoms with Gasteiger partial charge in [-0.15, -0.1) is 11.3 Å². The van der Waals surface area contributed by atoms with Crippen molar-refractivity contribution in [3.63, 3.8) is 0 Å². The van der Waals surface area contributed by atoms with Crippen molar-refractivity contribution in [1.29, 1.82) is 0 Å². The lowest BCUT2D eigenvalue weighted by Gasteiger charge is -2.34. The van der Waals surface area contributed by atoms with Gasteiger partial charge in [0.1, 0.15) is 5.82 Å². The second-order valence-electron chi connectivity index (χ2n) is 7.11. The summed E-state index contributed by atoms with van der Waals surface area (Å²) in [5, 5.41) is 0. The average Bonchev–Trinajstić information content (AvgIpc) is 2.92. The minimum absolute atomic E-state index is 0.0120. The average molecular weight is 387 g/mol. The largest absolute Gasteiger partial charge is 0.369 e. The highest BCUT2D eigenvalue weighted by Crippen LogP contribution is 2.35. The molecule has 3 rings (SSSR count). The van der Waals surface area contributed by atoms with Gasteiger partial charge in [0.2, 0.25) is 5.91 Å². The molecule has 1 aliphatic rings. The lowest BCUT2D eigenvalue weighted by atomic mass is 9.85. The summed E-state index contributed by atoms with van der Waals surface area (Å²) in [6.07, 6.45) is 0.175. The molecular weight excluding hydrogens is 365 g/mol. The lowest BCUT2D eigenvalue weighted by molar-refractivity contribution is -0.128. The van der Waals surface area contributed by atoms with Crippen LogP contribution in [-0.4, -0.2) is 29.6 Å². The molecule has 2 heterocycles. The van der Waals surface area contributed by atoms with E-state index in [9.17, 15) is 14.0 Å². The van der Waals surface area contributed by atoms with Gasteiger partial charge in [0.15, 0.2) is 11.7 Å². The maximum absolute atomic E-state index is 14.6. The van der Waals surface area contributed by atoms with E-state index >= 15 is 0 Å². The summed E-state index contributed by atoms with van der Waals surface area (Å²) in [6, 6.07) is 6.42. The number of halogens is 1. The van der Waals surface area contributed by atoms with Crippen LogP contribution in [-0.2, 0) is 16.8 Å². The number of Topliss-reactive ketones (excluding diaryl/α,β-unsaturated/α-hetero) is 1. The van der Waals surface area contributed by atoms with E-state index in [0.29, 0.717) is 11.1 Å². The highest BCUT2D eigenvalue weighted by molar-refractivity contribution is 7.12. The number of rotatable bonds is 4. The van der Waals surface area contributed by atoms with E-state index in [0.717, 1.165) is 9.75 Å². The SMILES string of the molecule is Cc1cc(C(=O)Cc2ccc(F)c(C3(C)CC(=O)N(C)C(N)=N3)c2)c(C)s1. The van der Waals surface area contributed by atoms with Gasteiger partial charge < -0.3 is 5.73 Å². The molecule has 0 fully saturated rings. The van der Waals surface area contributed by atoms with E-state index in [1.54, 1.807) is 30.4 Å². The molecule has 1 aromatic heterocycles. The summed E-state index contributed by atoms with van der Waals surface area (Å²) < 4.78 is 14.6. The number of amides is 1. The summed E-state index contributed by atoms with van der Waals surface area (Å²) in [7, 11) is 1.54. The number of hydrogen-bond acceptors (Lipinski definition) is 5. The Morgan fingerprint density at radius 2 is 2.07 bits per heavy atom. The Bertz CT molecular complexity index is 966. The zero-order valence-corrected chi connectivity index (χ0v) is 16.6. The summed E-state index contributed by atoms with van der Waals surface area (Å²) in [5.74, 6) is -0.651. The van der Waals surface area contributed by atoms with Gasteiger partial charge in [-0.3, -0.25) is 14.5 Å². The number of hydrogen-bond donors (Lipinski definition) is 1. The Labute approximate surface area is 161 Å². The van der Waals surface area contributed by atoms with Crippen molar-refractivity contribution in [2.75, 3.05) is 7.05 Å². The van der Waals surface area contributed by atoms with Crippen molar-refractivity contribution in [2.24, 2.45) is 10.7 Å². The van der Waals surface area contributed by atoms with Crippen LogP contribution in [0.2, 0.25) is 0 Å². The molecule has 0 bridgehead atoms. The lowest BCUT2D eigenvalue weighted by Crippen LogP contribution is -2.47. The number of ketones is 1. The second kappa shape index (κ2) is 6.88. The first-order valence-corrected chi connectivity index (χ1v) is 9.43. The smallest absolute Gasteiger partial charge is 0.231 e. The Kier molecular flexibility index (Phi) is 4.90. The molecule has 27 heavy (non-hydrogen) atoms. The van der Waals surface area contributed by atoms with Crippen molar-refractivity contribution in [1.82, 2.24) is 4.90 Å². The first kappa shape index (κ1) is 19.2. The fourth-order valence-electron chi connectivity index (χ4n) is 3.35. The van der Waals surface area contributed by atoms with E-state index in [2.05, 4.69) is 4.99 Å². The number of carbonyl (C=O) groups is 2. The van der Waals surface area contributed by atoms with E-state index in [1.807, 2.05) is 19.9 Å². The Morgan fingerprint density at radius 3 is 2.67 bits per heavy atom. The highest BCUT2D eigenvalue weighted by Gasteiger charge is 2.38. The molecule has 1 atom stereocenters. The monoisotopic (exact) mass is 387 g/mol. The van der Waals surface area contributed by atoms with Gasteiger partial charge in [-0.1, -0.05) is 6.07 Å². The number of carbonyl (C=O) groups excluding carboxylic acids is 2. The van der Waals surface area contributed by atoms with Gasteiger partial charge in [0, 0.05) is 34.3 Å². The Morgan fingerprint density at radius 1 is 1.37 bits per heavy atom. The third-order valence-corrected chi connectivity index (χ3v) is 5.86. The van der Waals surface area contributed by atoms with Gasteiger partial charge in [-0.05, 0) is 44.5 Å². The normalized spacial score (nSPS) is 20.0. The molecule has 0 aliphatic carbocycles. The van der Waals surface area contributed by atoms with Crippen LogP contribution in [0.1, 0.15) is 44.6 Å². The van der Waals surface area contributed by atoms with Crippen LogP contribution in [0, 0.1) is 19.7 Å². The number of aliphatic imine (C=N–C) groups is 1. The maximum atomic E-state index is 14.6. The van der Waals surface area contributed by atoms with Gasteiger partial charge in [-0.2, -0.15) is 0 Å². The molecule has 142 valence electrons. The summed E-state index contributed by atoms with van der Waals surface area (Å²) in [5.41, 5.74) is 6.39. The Hall–Kier alpha value is -2.54.